The Hall–Kier alpha value is -8.20. The van der Waals surface area contributed by atoms with Gasteiger partial charge >= 0.3 is 48.8 Å². The van der Waals surface area contributed by atoms with E-state index in [4.69, 9.17) is 53.3 Å². The number of benzene rings is 2. The monoisotopic (exact) mass is 1280 g/mol. The number of aryl methyl sites for hydroxylation is 7. The summed E-state index contributed by atoms with van der Waals surface area (Å²) in [6, 6.07) is 6.89. The van der Waals surface area contributed by atoms with E-state index in [-0.39, 0.29) is 69.6 Å². The smallest absolute Gasteiger partial charge is 0.461 e. The zero-order valence-corrected chi connectivity index (χ0v) is 52.4. The molecule has 8 rings (SSSR count). The van der Waals surface area contributed by atoms with Crippen molar-refractivity contribution in [1.82, 2.24) is 28.7 Å². The second-order valence-electron chi connectivity index (χ2n) is 22.0. The lowest BCUT2D eigenvalue weighted by Crippen LogP contribution is -2.33. The first-order valence-corrected chi connectivity index (χ1v) is 30.4. The van der Waals surface area contributed by atoms with E-state index in [1.54, 1.807) is 38.1 Å². The summed E-state index contributed by atoms with van der Waals surface area (Å²) in [7, 11) is -4.56. The van der Waals surface area contributed by atoms with Crippen LogP contribution in [0.15, 0.2) is 71.6 Å². The normalized spacial score (nSPS) is 21.8. The molecule has 0 aliphatic carbocycles. The highest BCUT2D eigenvalue weighted by Gasteiger charge is 2.46. The molecule has 0 saturated carbocycles. The van der Waals surface area contributed by atoms with Crippen LogP contribution in [0, 0.1) is 68.9 Å². The molecular weight excluding hydrogens is 1200 g/mol. The highest BCUT2D eigenvalue weighted by molar-refractivity contribution is 7.48. The number of rotatable bonds is 23. The minimum atomic E-state index is -4.56. The third-order valence-electron chi connectivity index (χ3n) is 15.6. The zero-order valence-electron chi connectivity index (χ0n) is 51.5. The Labute approximate surface area is 514 Å². The Balaban J connectivity index is 0.000000296. The number of hydrogen-bond acceptors (Lipinski definition) is 22. The minimum absolute atomic E-state index is 0.00778. The van der Waals surface area contributed by atoms with E-state index in [1.165, 1.54) is 41.6 Å². The van der Waals surface area contributed by atoms with Gasteiger partial charge in [0.1, 0.15) is 62.9 Å². The molecule has 3 aromatic heterocycles. The van der Waals surface area contributed by atoms with Crippen LogP contribution in [0.1, 0.15) is 135 Å². The van der Waals surface area contributed by atoms with Crippen molar-refractivity contribution in [2.75, 3.05) is 39.6 Å². The summed E-state index contributed by atoms with van der Waals surface area (Å²) in [4.78, 5) is 133. The molecule has 30 heteroatoms. The Bertz CT molecular complexity index is 3910. The average Bonchev–Trinajstić information content (AvgIpc) is 2.03. The number of aliphatic hydroxyl groups is 1. The largest absolute Gasteiger partial charge is 0.475 e. The Kier molecular flexibility index (Phi) is 23.5. The van der Waals surface area contributed by atoms with Crippen LogP contribution in [0.2, 0.25) is 0 Å². The first-order chi connectivity index (χ1) is 42.6. The van der Waals surface area contributed by atoms with Gasteiger partial charge < -0.3 is 43.1 Å². The van der Waals surface area contributed by atoms with Crippen LogP contribution in [0.4, 0.5) is 0 Å². The first-order valence-electron chi connectivity index (χ1n) is 29.0. The van der Waals surface area contributed by atoms with E-state index >= 15 is 0 Å². The summed E-state index contributed by atoms with van der Waals surface area (Å²) in [5.41, 5.74) is 3.68. The molecule has 3 saturated heterocycles. The summed E-state index contributed by atoms with van der Waals surface area (Å²) in [6.07, 6.45) is -4.44. The summed E-state index contributed by atoms with van der Waals surface area (Å²) in [6.45, 7) is 23.0. The molecule has 2 aromatic carbocycles. The summed E-state index contributed by atoms with van der Waals surface area (Å²) in [5.74, 6) is -2.55. The molecule has 0 radical (unpaired) electrons. The number of nitrogens with one attached hydrogen (secondary N) is 3. The molecule has 3 aliphatic rings. The maximum absolute atomic E-state index is 14.2. The number of hydrogen-bond donors (Lipinski definition) is 4. The predicted molar refractivity (Wildman–Crippen MR) is 318 cm³/mol. The van der Waals surface area contributed by atoms with Crippen LogP contribution >= 0.6 is 7.82 Å². The number of carbonyl (C=O) groups is 4. The number of nitrogens with zero attached hydrogens (tertiary/aromatic N) is 4. The Morgan fingerprint density at radius 2 is 0.944 bits per heavy atom. The Morgan fingerprint density at radius 1 is 0.567 bits per heavy atom. The summed E-state index contributed by atoms with van der Waals surface area (Å²) < 4.78 is 74.4. The van der Waals surface area contributed by atoms with Gasteiger partial charge in [-0.1, -0.05) is 6.92 Å². The van der Waals surface area contributed by atoms with Gasteiger partial charge in [0.25, 0.3) is 16.7 Å². The molecular formula is C60H74N7O22P. The number of phosphoric acid groups is 1. The van der Waals surface area contributed by atoms with Gasteiger partial charge in [-0.15, -0.1) is 0 Å². The van der Waals surface area contributed by atoms with Crippen molar-refractivity contribution < 1.29 is 75.6 Å². The van der Waals surface area contributed by atoms with E-state index in [2.05, 4.69) is 19.8 Å². The second kappa shape index (κ2) is 30.5. The van der Waals surface area contributed by atoms with Crippen LogP contribution in [0.3, 0.4) is 0 Å². The van der Waals surface area contributed by atoms with Gasteiger partial charge in [0.15, 0.2) is 0 Å². The molecule has 29 nitrogen and oxygen atoms in total. The molecule has 90 heavy (non-hydrogen) atoms. The average molecular weight is 1280 g/mol. The molecule has 486 valence electrons. The number of aromatic amines is 3. The zero-order chi connectivity index (χ0) is 65.9. The molecule has 6 heterocycles. The second-order valence-corrected chi connectivity index (χ2v) is 23.6. The first kappa shape index (κ1) is 69.3. The van der Waals surface area contributed by atoms with Gasteiger partial charge in [0.2, 0.25) is 6.54 Å². The van der Waals surface area contributed by atoms with E-state index in [9.17, 15) is 57.6 Å². The van der Waals surface area contributed by atoms with Crippen molar-refractivity contribution in [2.45, 2.75) is 163 Å². The maximum atomic E-state index is 14.2. The number of esters is 4. The SMILES string of the molecule is Cc1cc(C(=O)OCCC(=O)OC2CC(n3cc(C)c(=O)[nH]c3=O)OC2CO)cc(C)c1C.[C-]#[N+]CCOP(=O)(OCC1OC(n2cc(C)c(=O)[nH]c2=O)CC1OC(=O)CCOC(=O)c1cc(C)c(C)c(C)c1)OC1CC(n2cc(C)c(=O)[nH]c2=O)OC1CC. The lowest BCUT2D eigenvalue weighted by molar-refractivity contribution is -0.154. The number of aliphatic hydroxyl groups excluding tert-OH is 1. The van der Waals surface area contributed by atoms with Crippen molar-refractivity contribution in [3.63, 3.8) is 0 Å². The number of H-pyrrole nitrogens is 3. The van der Waals surface area contributed by atoms with Crippen molar-refractivity contribution in [3.05, 3.63) is 178 Å². The third kappa shape index (κ3) is 17.4. The molecule has 0 bridgehead atoms. The summed E-state index contributed by atoms with van der Waals surface area (Å²) >= 11 is 0. The van der Waals surface area contributed by atoms with Crippen molar-refractivity contribution in [2.24, 2.45) is 0 Å². The van der Waals surface area contributed by atoms with E-state index < -0.39 is 134 Å². The van der Waals surface area contributed by atoms with E-state index in [0.717, 1.165) is 37.9 Å². The van der Waals surface area contributed by atoms with Crippen molar-refractivity contribution in [3.8, 4) is 0 Å². The van der Waals surface area contributed by atoms with Gasteiger partial charge in [-0.25, -0.2) is 35.1 Å². The molecule has 5 aromatic rings. The van der Waals surface area contributed by atoms with E-state index in [0.29, 0.717) is 23.1 Å². The fourth-order valence-corrected chi connectivity index (χ4v) is 11.4. The highest BCUT2D eigenvalue weighted by atomic mass is 31.2. The molecule has 4 N–H and O–H groups in total. The molecule has 3 fully saturated rings. The lowest BCUT2D eigenvalue weighted by atomic mass is 10.0. The van der Waals surface area contributed by atoms with Gasteiger partial charge in [-0.3, -0.25) is 66.2 Å². The number of phosphoric ester groups is 1. The molecule has 10 atom stereocenters. The maximum Gasteiger partial charge on any atom is 0.475 e. The number of aromatic nitrogens is 6. The number of ether oxygens (including phenoxy) is 7. The summed E-state index contributed by atoms with van der Waals surface area (Å²) in [5, 5.41) is 9.59. The highest BCUT2D eigenvalue weighted by Crippen LogP contribution is 2.54. The van der Waals surface area contributed by atoms with Crippen molar-refractivity contribution >= 4 is 31.7 Å². The van der Waals surface area contributed by atoms with Crippen LogP contribution in [0.25, 0.3) is 4.85 Å². The standard InChI is InChI=1S/C37H46N5O14P.C23H28N2O8/c1-8-26-28(16-31(53-26)42-18-23(5)34(45)40-37(42)48)56-57(49,51-12-10-38-7)52-19-29-27(15-30(54-29)41-17-22(4)33(44)39-36(41)47)55-32(43)9-11-50-35(46)25-13-20(2)24(6)21(3)14-25;1-12-7-16(8-13(2)15(12)4)22(29)31-6-5-20(27)33-17-9-19(32-18(17)11-26)25-10-14(3)21(28)24-23(25)30/h13-14,17-18,26-31H,8-12,15-16,19H2,1-6H3,(H,39,44,47)(H,40,45,48);7-8,10,17-19,26H,5-6,9,11H2,1-4H3,(H,24,28,30). The lowest BCUT2D eigenvalue weighted by Gasteiger charge is -2.25. The molecule has 0 amide bonds. The molecule has 0 spiro atoms. The molecule has 3 aliphatic heterocycles. The fraction of sp³-hybridized carbons (Fsp3) is 0.517. The minimum Gasteiger partial charge on any atom is -0.461 e. The van der Waals surface area contributed by atoms with Crippen LogP contribution < -0.4 is 33.7 Å². The fourth-order valence-electron chi connectivity index (χ4n) is 10.1. The van der Waals surface area contributed by atoms with Gasteiger partial charge in [-0.2, -0.15) is 0 Å². The predicted octanol–water partition coefficient (Wildman–Crippen LogP) is 4.43. The van der Waals surface area contributed by atoms with Gasteiger partial charge in [-0.05, 0) is 126 Å². The number of carbonyl (C=O) groups excluding carboxylic acids is 4. The van der Waals surface area contributed by atoms with Gasteiger partial charge in [0.05, 0.1) is 49.4 Å². The van der Waals surface area contributed by atoms with Crippen molar-refractivity contribution in [1.29, 1.82) is 0 Å². The van der Waals surface area contributed by atoms with Crippen LogP contribution in [-0.4, -0.2) is 134 Å². The quantitative estimate of drug-likeness (QED) is 0.0231. The topological polar surface area (TPSA) is 367 Å². The third-order valence-corrected chi connectivity index (χ3v) is 17.1. The van der Waals surface area contributed by atoms with Gasteiger partial charge in [0, 0.05) is 54.5 Å². The van der Waals surface area contributed by atoms with Crippen LogP contribution in [-0.2, 0) is 60.9 Å². The Morgan fingerprint density at radius 3 is 1.33 bits per heavy atom. The van der Waals surface area contributed by atoms with E-state index in [1.807, 2.05) is 41.5 Å². The van der Waals surface area contributed by atoms with Crippen LogP contribution in [0.5, 0.6) is 0 Å². The molecule has 10 unspecified atom stereocenters.